The third-order valence-corrected chi connectivity index (χ3v) is 8.51. The van der Waals surface area contributed by atoms with Gasteiger partial charge in [0.25, 0.3) is 0 Å². The van der Waals surface area contributed by atoms with Crippen LogP contribution in [0.1, 0.15) is 137 Å². The molecule has 0 heterocycles. The summed E-state index contributed by atoms with van der Waals surface area (Å²) in [7, 11) is 1.22. The van der Waals surface area contributed by atoms with Crippen LogP contribution < -0.4 is 17.0 Å². The van der Waals surface area contributed by atoms with Gasteiger partial charge in [0.2, 0.25) is 0 Å². The van der Waals surface area contributed by atoms with Crippen molar-refractivity contribution in [2.75, 3.05) is 26.9 Å². The quantitative estimate of drug-likeness (QED) is 0.0839. The van der Waals surface area contributed by atoms with Crippen LogP contribution in [-0.4, -0.2) is 43.6 Å². The molecular formula is C27H59BrNO3P. The summed E-state index contributed by atoms with van der Waals surface area (Å²) >= 11 is 0. The molecule has 6 heteroatoms. The Labute approximate surface area is 218 Å². The van der Waals surface area contributed by atoms with Crippen molar-refractivity contribution in [3.8, 4) is 0 Å². The van der Waals surface area contributed by atoms with E-state index < -0.39 is 7.60 Å². The highest BCUT2D eigenvalue weighted by molar-refractivity contribution is 7.53. The molecule has 0 rings (SSSR count). The van der Waals surface area contributed by atoms with Crippen molar-refractivity contribution in [3.05, 3.63) is 0 Å². The van der Waals surface area contributed by atoms with Crippen LogP contribution in [0.5, 0.6) is 0 Å². The zero-order valence-electron chi connectivity index (χ0n) is 23.4. The highest BCUT2D eigenvalue weighted by Crippen LogP contribution is 2.51. The molecule has 33 heavy (non-hydrogen) atoms. The van der Waals surface area contributed by atoms with Crippen LogP contribution in [0.4, 0.5) is 0 Å². The summed E-state index contributed by atoms with van der Waals surface area (Å²) in [6, 6.07) is 0. The van der Waals surface area contributed by atoms with Gasteiger partial charge in [-0.2, -0.15) is 0 Å². The maximum absolute atomic E-state index is 13.2. The number of unbranched alkanes of at least 4 members (excludes halogenated alkanes) is 15. The maximum atomic E-state index is 13.2. The van der Waals surface area contributed by atoms with Gasteiger partial charge < -0.3 is 30.5 Å². The van der Waals surface area contributed by atoms with Crippen LogP contribution in [-0.2, 0) is 13.6 Å². The highest BCUT2D eigenvalue weighted by Gasteiger charge is 2.36. The molecule has 0 radical (unpaired) electrons. The standard InChI is InChI=1S/C27H59NO3P.BrH/c1-8-9-10-11-12-13-14-15-16-17-18-19-20-21-22-23-24-28(6,7)25-32(29,30-26(2)3)31-27(4)5;/h26-27H,8-25H2,1-7H3;1H/q+1;/p-1. The van der Waals surface area contributed by atoms with Gasteiger partial charge in [0.15, 0.2) is 6.29 Å². The Kier molecular flexibility index (Phi) is 23.7. The summed E-state index contributed by atoms with van der Waals surface area (Å²) in [5.74, 6) is 0. The van der Waals surface area contributed by atoms with Crippen molar-refractivity contribution in [1.29, 1.82) is 0 Å². The molecule has 0 aliphatic heterocycles. The molecule has 0 amide bonds. The molecule has 0 unspecified atom stereocenters. The molecule has 0 fully saturated rings. The minimum atomic E-state index is -3.07. The van der Waals surface area contributed by atoms with Crippen molar-refractivity contribution < 1.29 is 35.1 Å². The maximum Gasteiger partial charge on any atom is 0.385 e. The number of quaternary nitrogens is 1. The fourth-order valence-corrected chi connectivity index (χ4v) is 6.91. The molecule has 0 aliphatic carbocycles. The van der Waals surface area contributed by atoms with Gasteiger partial charge in [-0.05, 0) is 40.5 Å². The van der Waals surface area contributed by atoms with Crippen LogP contribution >= 0.6 is 7.60 Å². The Morgan fingerprint density at radius 1 is 0.606 bits per heavy atom. The first-order chi connectivity index (χ1) is 15.1. The van der Waals surface area contributed by atoms with E-state index in [9.17, 15) is 4.57 Å². The first kappa shape index (κ1) is 35.8. The summed E-state index contributed by atoms with van der Waals surface area (Å²) in [6.07, 6.45) is 22.4. The van der Waals surface area contributed by atoms with Crippen LogP contribution in [0.25, 0.3) is 0 Å². The number of nitrogens with zero attached hydrogens (tertiary/aromatic N) is 1. The molecule has 0 aliphatic rings. The van der Waals surface area contributed by atoms with Gasteiger partial charge in [-0.15, -0.1) is 0 Å². The van der Waals surface area contributed by atoms with Crippen molar-refractivity contribution in [3.63, 3.8) is 0 Å². The van der Waals surface area contributed by atoms with E-state index >= 15 is 0 Å². The third-order valence-electron chi connectivity index (χ3n) is 5.92. The minimum absolute atomic E-state index is 0. The molecule has 0 aromatic carbocycles. The lowest BCUT2D eigenvalue weighted by Crippen LogP contribution is -3.00. The average Bonchev–Trinajstić information content (AvgIpc) is 2.65. The fraction of sp³-hybridized carbons (Fsp3) is 1.00. The number of halogens is 1. The van der Waals surface area contributed by atoms with Gasteiger partial charge in [-0.3, -0.25) is 4.57 Å². The fourth-order valence-electron chi connectivity index (χ4n) is 4.36. The smallest absolute Gasteiger partial charge is 0.385 e. The molecule has 0 aromatic rings. The van der Waals surface area contributed by atoms with Gasteiger partial charge in [0, 0.05) is 0 Å². The zero-order chi connectivity index (χ0) is 24.3. The van der Waals surface area contributed by atoms with E-state index in [0.29, 0.717) is 10.8 Å². The lowest BCUT2D eigenvalue weighted by atomic mass is 10.0. The molecule has 0 N–H and O–H groups in total. The molecule has 0 saturated carbocycles. The summed E-state index contributed by atoms with van der Waals surface area (Å²) in [4.78, 5) is 0. The van der Waals surface area contributed by atoms with Gasteiger partial charge in [-0.25, -0.2) is 0 Å². The van der Waals surface area contributed by atoms with Gasteiger partial charge in [0.1, 0.15) is 0 Å². The van der Waals surface area contributed by atoms with Crippen LogP contribution in [0.2, 0.25) is 0 Å². The monoisotopic (exact) mass is 555 g/mol. The van der Waals surface area contributed by atoms with Crippen LogP contribution in [0.3, 0.4) is 0 Å². The Morgan fingerprint density at radius 2 is 0.909 bits per heavy atom. The van der Waals surface area contributed by atoms with E-state index in [-0.39, 0.29) is 29.2 Å². The second-order valence-electron chi connectivity index (χ2n) is 11.0. The molecule has 0 saturated heterocycles. The predicted octanol–water partition coefficient (Wildman–Crippen LogP) is 6.33. The van der Waals surface area contributed by atoms with Crippen LogP contribution in [0.15, 0.2) is 0 Å². The normalized spacial score (nSPS) is 12.5. The lowest BCUT2D eigenvalue weighted by Gasteiger charge is -2.34. The lowest BCUT2D eigenvalue weighted by molar-refractivity contribution is -0.880. The Hall–Kier alpha value is 0.590. The van der Waals surface area contributed by atoms with Gasteiger partial charge in [0.05, 0.1) is 32.8 Å². The summed E-state index contributed by atoms with van der Waals surface area (Å²) in [5, 5.41) is 0. The van der Waals surface area contributed by atoms with Gasteiger partial charge in [-0.1, -0.05) is 96.8 Å². The Balaban J connectivity index is 0. The molecular weight excluding hydrogens is 497 g/mol. The predicted molar refractivity (Wildman–Crippen MR) is 141 cm³/mol. The summed E-state index contributed by atoms with van der Waals surface area (Å²) in [5.41, 5.74) is 0. The van der Waals surface area contributed by atoms with Gasteiger partial charge >= 0.3 is 7.60 Å². The molecule has 0 spiro atoms. The highest BCUT2D eigenvalue weighted by atomic mass is 79.9. The van der Waals surface area contributed by atoms with E-state index in [1.807, 2.05) is 27.7 Å². The van der Waals surface area contributed by atoms with E-state index in [2.05, 4.69) is 21.0 Å². The zero-order valence-corrected chi connectivity index (χ0v) is 25.9. The van der Waals surface area contributed by atoms with Crippen molar-refractivity contribution in [2.24, 2.45) is 0 Å². The number of hydrogen-bond donors (Lipinski definition) is 0. The van der Waals surface area contributed by atoms with E-state index in [1.165, 1.54) is 103 Å². The molecule has 202 valence electrons. The second kappa shape index (κ2) is 21.8. The summed E-state index contributed by atoms with van der Waals surface area (Å²) < 4.78 is 25.3. The van der Waals surface area contributed by atoms with Crippen molar-refractivity contribution in [1.82, 2.24) is 0 Å². The molecule has 4 nitrogen and oxygen atoms in total. The summed E-state index contributed by atoms with van der Waals surface area (Å²) in [6.45, 7) is 11.0. The number of hydrogen-bond acceptors (Lipinski definition) is 3. The SMILES string of the molecule is CCCCCCCCCCCCCCCCCC[N+](C)(C)CP(=O)(OC(C)C)OC(C)C.[Br-]. The molecule has 0 atom stereocenters. The van der Waals surface area contributed by atoms with E-state index in [4.69, 9.17) is 9.05 Å². The second-order valence-corrected chi connectivity index (χ2v) is 12.9. The molecule has 0 bridgehead atoms. The first-order valence-corrected chi connectivity index (χ1v) is 15.6. The van der Waals surface area contributed by atoms with Crippen molar-refractivity contribution >= 4 is 7.60 Å². The average molecular weight is 557 g/mol. The third kappa shape index (κ3) is 24.1. The number of rotatable bonds is 23. The Morgan fingerprint density at radius 3 is 1.21 bits per heavy atom. The van der Waals surface area contributed by atoms with E-state index in [1.54, 1.807) is 0 Å². The van der Waals surface area contributed by atoms with Crippen LogP contribution in [0, 0.1) is 0 Å². The van der Waals surface area contributed by atoms with Crippen molar-refractivity contribution in [2.45, 2.75) is 150 Å². The van der Waals surface area contributed by atoms with E-state index in [0.717, 1.165) is 6.54 Å². The largest absolute Gasteiger partial charge is 1.00 e. The topological polar surface area (TPSA) is 35.5 Å². The minimum Gasteiger partial charge on any atom is -1.00 e. The Bertz CT molecular complexity index is 458. The molecule has 0 aromatic heterocycles. The first-order valence-electron chi connectivity index (χ1n) is 13.9.